The third-order valence-electron chi connectivity index (χ3n) is 5.58. The second kappa shape index (κ2) is 8.22. The molecule has 1 saturated heterocycles. The maximum atomic E-state index is 13.4. The van der Waals surface area contributed by atoms with E-state index in [-0.39, 0.29) is 11.5 Å². The second-order valence-electron chi connectivity index (χ2n) is 8.74. The first-order valence-corrected chi connectivity index (χ1v) is 11.4. The smallest absolute Gasteiger partial charge is 0.207 e. The van der Waals surface area contributed by atoms with Gasteiger partial charge in [-0.15, -0.1) is 0 Å². The molecule has 0 radical (unpaired) electrons. The van der Waals surface area contributed by atoms with Crippen LogP contribution in [0.3, 0.4) is 0 Å². The van der Waals surface area contributed by atoms with Crippen LogP contribution in [0, 0.1) is 19.3 Å². The van der Waals surface area contributed by atoms with Crippen molar-refractivity contribution in [1.82, 2.24) is 4.31 Å². The summed E-state index contributed by atoms with van der Waals surface area (Å²) in [5, 5.41) is 0. The SMILES string of the molecule is Cc1ccc(/C=C/C2CC(C)(C)CCCN2S(=O)(=O)c2ccc(C)cc2)cc1. The zero-order valence-corrected chi connectivity index (χ0v) is 18.2. The van der Waals surface area contributed by atoms with Crippen molar-refractivity contribution in [2.24, 2.45) is 5.41 Å². The summed E-state index contributed by atoms with van der Waals surface area (Å²) >= 11 is 0. The van der Waals surface area contributed by atoms with Gasteiger partial charge in [-0.3, -0.25) is 0 Å². The molecule has 1 fully saturated rings. The summed E-state index contributed by atoms with van der Waals surface area (Å²) < 4.78 is 28.5. The topological polar surface area (TPSA) is 37.4 Å². The Hall–Kier alpha value is -1.91. The van der Waals surface area contributed by atoms with Gasteiger partial charge in [-0.05, 0) is 56.2 Å². The predicted octanol–water partition coefficient (Wildman–Crippen LogP) is 5.59. The third kappa shape index (κ3) is 4.92. The maximum absolute atomic E-state index is 13.4. The molecule has 1 unspecified atom stereocenters. The van der Waals surface area contributed by atoms with Crippen LogP contribution in [0.5, 0.6) is 0 Å². The molecule has 0 bridgehead atoms. The second-order valence-corrected chi connectivity index (χ2v) is 10.6. The summed E-state index contributed by atoms with van der Waals surface area (Å²) in [6.45, 7) is 9.07. The zero-order chi connectivity index (χ0) is 20.4. The van der Waals surface area contributed by atoms with Crippen LogP contribution >= 0.6 is 0 Å². The molecule has 0 aromatic heterocycles. The van der Waals surface area contributed by atoms with Gasteiger partial charge in [0.05, 0.1) is 4.90 Å². The van der Waals surface area contributed by atoms with Crippen molar-refractivity contribution in [1.29, 1.82) is 0 Å². The number of benzene rings is 2. The van der Waals surface area contributed by atoms with E-state index >= 15 is 0 Å². The van der Waals surface area contributed by atoms with E-state index < -0.39 is 10.0 Å². The van der Waals surface area contributed by atoms with Crippen LogP contribution in [0.25, 0.3) is 6.08 Å². The Labute approximate surface area is 170 Å². The fourth-order valence-corrected chi connectivity index (χ4v) is 5.48. The van der Waals surface area contributed by atoms with Gasteiger partial charge in [-0.2, -0.15) is 4.31 Å². The van der Waals surface area contributed by atoms with Gasteiger partial charge in [-0.25, -0.2) is 8.42 Å². The highest BCUT2D eigenvalue weighted by molar-refractivity contribution is 7.89. The fourth-order valence-electron chi connectivity index (χ4n) is 3.86. The van der Waals surface area contributed by atoms with E-state index in [4.69, 9.17) is 0 Å². The Kier molecular flexibility index (Phi) is 6.11. The van der Waals surface area contributed by atoms with Crippen molar-refractivity contribution in [3.05, 3.63) is 71.3 Å². The van der Waals surface area contributed by atoms with Crippen molar-refractivity contribution < 1.29 is 8.42 Å². The minimum absolute atomic E-state index is 0.111. The number of nitrogens with zero attached hydrogens (tertiary/aromatic N) is 1. The average Bonchev–Trinajstić information content (AvgIpc) is 2.79. The van der Waals surface area contributed by atoms with Crippen LogP contribution < -0.4 is 0 Å². The molecule has 3 rings (SSSR count). The number of rotatable bonds is 4. The Balaban J connectivity index is 1.95. The van der Waals surface area contributed by atoms with Crippen LogP contribution in [0.1, 0.15) is 49.8 Å². The van der Waals surface area contributed by atoms with Gasteiger partial charge in [0, 0.05) is 12.6 Å². The maximum Gasteiger partial charge on any atom is 0.243 e. The summed E-state index contributed by atoms with van der Waals surface area (Å²) in [6, 6.07) is 15.3. The van der Waals surface area contributed by atoms with Crippen molar-refractivity contribution in [2.75, 3.05) is 6.54 Å². The highest BCUT2D eigenvalue weighted by Gasteiger charge is 2.36. The monoisotopic (exact) mass is 397 g/mol. The molecular weight excluding hydrogens is 366 g/mol. The van der Waals surface area contributed by atoms with Crippen LogP contribution in [0.15, 0.2) is 59.5 Å². The van der Waals surface area contributed by atoms with E-state index in [0.29, 0.717) is 11.4 Å². The minimum atomic E-state index is -3.53. The van der Waals surface area contributed by atoms with Crippen LogP contribution in [-0.4, -0.2) is 25.3 Å². The summed E-state index contributed by atoms with van der Waals surface area (Å²) in [6.07, 6.45) is 6.86. The molecule has 0 spiro atoms. The number of hydrogen-bond donors (Lipinski definition) is 0. The molecule has 0 aliphatic carbocycles. The first-order valence-electron chi connectivity index (χ1n) is 10.0. The fraction of sp³-hybridized carbons (Fsp3) is 0.417. The van der Waals surface area contributed by atoms with E-state index in [2.05, 4.69) is 57.2 Å². The van der Waals surface area contributed by atoms with Gasteiger partial charge >= 0.3 is 0 Å². The molecule has 150 valence electrons. The molecule has 1 aliphatic rings. The van der Waals surface area contributed by atoms with Gasteiger partial charge in [0.15, 0.2) is 0 Å². The lowest BCUT2D eigenvalue weighted by Gasteiger charge is -2.30. The molecule has 28 heavy (non-hydrogen) atoms. The standard InChI is InChI=1S/C24H31NO2S/c1-19-6-10-21(11-7-19)12-13-22-18-24(3,4)16-5-17-25(22)28(26,27)23-14-8-20(2)9-15-23/h6-15,22H,5,16-18H2,1-4H3/b13-12+. The molecular formula is C24H31NO2S. The third-order valence-corrected chi connectivity index (χ3v) is 7.52. The largest absolute Gasteiger partial charge is 0.243 e. The Morgan fingerprint density at radius 1 is 0.964 bits per heavy atom. The Morgan fingerprint density at radius 3 is 2.14 bits per heavy atom. The first kappa shape index (κ1) is 20.8. The molecule has 0 amide bonds. The molecule has 0 saturated carbocycles. The minimum Gasteiger partial charge on any atom is -0.207 e. The quantitative estimate of drug-likeness (QED) is 0.675. The summed E-state index contributed by atoms with van der Waals surface area (Å²) in [7, 11) is -3.53. The van der Waals surface area contributed by atoms with Crippen molar-refractivity contribution in [2.45, 2.75) is 57.9 Å². The van der Waals surface area contributed by atoms with Gasteiger partial charge in [-0.1, -0.05) is 73.5 Å². The number of aryl methyl sites for hydroxylation is 2. The highest BCUT2D eigenvalue weighted by Crippen LogP contribution is 2.36. The Morgan fingerprint density at radius 2 is 1.54 bits per heavy atom. The summed E-state index contributed by atoms with van der Waals surface area (Å²) in [5.41, 5.74) is 3.49. The van der Waals surface area contributed by atoms with Gasteiger partial charge in [0.25, 0.3) is 0 Å². The van der Waals surface area contributed by atoms with Crippen LogP contribution in [-0.2, 0) is 10.0 Å². The number of sulfonamides is 1. The lowest BCUT2D eigenvalue weighted by atomic mass is 9.83. The van der Waals surface area contributed by atoms with Crippen molar-refractivity contribution >= 4 is 16.1 Å². The lowest BCUT2D eigenvalue weighted by molar-refractivity contribution is 0.282. The molecule has 2 aromatic carbocycles. The molecule has 1 aliphatic heterocycles. The molecule has 1 atom stereocenters. The molecule has 0 N–H and O–H groups in total. The number of hydrogen-bond acceptors (Lipinski definition) is 2. The first-order chi connectivity index (χ1) is 13.2. The van der Waals surface area contributed by atoms with Crippen LogP contribution in [0.4, 0.5) is 0 Å². The average molecular weight is 398 g/mol. The van der Waals surface area contributed by atoms with Gasteiger partial charge < -0.3 is 0 Å². The van der Waals surface area contributed by atoms with Gasteiger partial charge in [0.2, 0.25) is 10.0 Å². The van der Waals surface area contributed by atoms with Crippen molar-refractivity contribution in [3.63, 3.8) is 0 Å². The van der Waals surface area contributed by atoms with Gasteiger partial charge in [0.1, 0.15) is 0 Å². The van der Waals surface area contributed by atoms with E-state index in [1.807, 2.05) is 19.1 Å². The molecule has 2 aromatic rings. The summed E-state index contributed by atoms with van der Waals surface area (Å²) in [5.74, 6) is 0. The van der Waals surface area contributed by atoms with E-state index in [1.54, 1.807) is 16.4 Å². The predicted molar refractivity (Wildman–Crippen MR) is 117 cm³/mol. The normalized spacial score (nSPS) is 20.9. The van der Waals surface area contributed by atoms with Crippen LogP contribution in [0.2, 0.25) is 0 Å². The molecule has 3 nitrogen and oxygen atoms in total. The van der Waals surface area contributed by atoms with E-state index in [9.17, 15) is 8.42 Å². The highest BCUT2D eigenvalue weighted by atomic mass is 32.2. The molecule has 1 heterocycles. The Bertz CT molecular complexity index is 926. The zero-order valence-electron chi connectivity index (χ0n) is 17.4. The summed E-state index contributed by atoms with van der Waals surface area (Å²) in [4.78, 5) is 0.381. The van der Waals surface area contributed by atoms with E-state index in [0.717, 1.165) is 30.4 Å². The lowest BCUT2D eigenvalue weighted by Crippen LogP contribution is -2.39. The van der Waals surface area contributed by atoms with E-state index in [1.165, 1.54) is 5.56 Å². The van der Waals surface area contributed by atoms with Crippen molar-refractivity contribution in [3.8, 4) is 0 Å². The molecule has 4 heteroatoms.